The third kappa shape index (κ3) is 4.30. The molecule has 0 aliphatic carbocycles. The first-order valence-corrected chi connectivity index (χ1v) is 8.90. The Kier molecular flexibility index (Phi) is 5.70. The first-order valence-electron chi connectivity index (χ1n) is 7.71. The normalized spacial score (nSPS) is 10.4. The number of hydrogen-bond acceptors (Lipinski definition) is 6. The highest BCUT2D eigenvalue weighted by Crippen LogP contribution is 2.28. The summed E-state index contributed by atoms with van der Waals surface area (Å²) in [5.74, 6) is 0.960. The third-order valence-corrected chi connectivity index (χ3v) is 4.88. The Morgan fingerprint density at radius 1 is 1.35 bits per heavy atom. The van der Waals surface area contributed by atoms with Gasteiger partial charge in [0.25, 0.3) is 5.91 Å². The van der Waals surface area contributed by atoms with Gasteiger partial charge in [0, 0.05) is 11.9 Å². The summed E-state index contributed by atoms with van der Waals surface area (Å²) in [4.78, 5) is 21.4. The van der Waals surface area contributed by atoms with E-state index >= 15 is 0 Å². The van der Waals surface area contributed by atoms with Crippen molar-refractivity contribution in [3.05, 3.63) is 63.3 Å². The van der Waals surface area contributed by atoms with Crippen LogP contribution in [0.15, 0.2) is 42.7 Å². The molecule has 6 nitrogen and oxygen atoms in total. The lowest BCUT2D eigenvalue weighted by atomic mass is 10.3. The fraction of sp³-hybridized carbons (Fsp3) is 0.167. The Labute approximate surface area is 159 Å². The summed E-state index contributed by atoms with van der Waals surface area (Å²) in [5, 5.41) is 3.96. The largest absolute Gasteiger partial charge is 0.495 e. The second-order valence-electron chi connectivity index (χ2n) is 5.30. The zero-order valence-electron chi connectivity index (χ0n) is 14.2. The van der Waals surface area contributed by atoms with E-state index in [1.54, 1.807) is 43.6 Å². The molecule has 0 aliphatic rings. The van der Waals surface area contributed by atoms with E-state index in [4.69, 9.17) is 21.1 Å². The van der Waals surface area contributed by atoms with Crippen molar-refractivity contribution in [3.63, 3.8) is 0 Å². The molecule has 1 aromatic carbocycles. The Balaban J connectivity index is 1.68. The van der Waals surface area contributed by atoms with Crippen LogP contribution in [-0.4, -0.2) is 23.0 Å². The molecule has 0 bridgehead atoms. The molecular formula is C18H16ClN3O3S. The summed E-state index contributed by atoms with van der Waals surface area (Å²) < 4.78 is 10.7. The summed E-state index contributed by atoms with van der Waals surface area (Å²) in [7, 11) is 1.54. The molecule has 8 heteroatoms. The van der Waals surface area contributed by atoms with Crippen molar-refractivity contribution in [2.75, 3.05) is 12.4 Å². The fourth-order valence-corrected chi connectivity index (χ4v) is 3.37. The Bertz CT molecular complexity index is 915. The Morgan fingerprint density at radius 2 is 2.19 bits per heavy atom. The van der Waals surface area contributed by atoms with Gasteiger partial charge in [-0.15, -0.1) is 11.3 Å². The molecule has 1 N–H and O–H groups in total. The summed E-state index contributed by atoms with van der Waals surface area (Å²) in [5.41, 5.74) is 1.23. The van der Waals surface area contributed by atoms with E-state index < -0.39 is 0 Å². The number of methoxy groups -OCH3 is 1. The van der Waals surface area contributed by atoms with Crippen LogP contribution in [0.25, 0.3) is 0 Å². The lowest BCUT2D eigenvalue weighted by Gasteiger charge is -2.07. The van der Waals surface area contributed by atoms with Crippen LogP contribution in [0.2, 0.25) is 5.02 Å². The minimum absolute atomic E-state index is 0.242. The van der Waals surface area contributed by atoms with Crippen LogP contribution in [0.4, 0.5) is 5.69 Å². The number of aromatic nitrogens is 2. The predicted molar refractivity (Wildman–Crippen MR) is 101 cm³/mol. The zero-order valence-corrected chi connectivity index (χ0v) is 15.7. The standard InChI is InChI=1S/C18H16ClN3O3S/c1-11-17(18(23)22-12-5-6-15(24-2)14(19)8-12)26-16(21-11)10-25-13-4-3-7-20-9-13/h3-9H,10H2,1-2H3,(H,22,23). The van der Waals surface area contributed by atoms with Crippen molar-refractivity contribution < 1.29 is 14.3 Å². The van der Waals surface area contributed by atoms with Gasteiger partial charge >= 0.3 is 0 Å². The minimum Gasteiger partial charge on any atom is -0.495 e. The number of nitrogens with one attached hydrogen (secondary N) is 1. The van der Waals surface area contributed by atoms with E-state index in [0.717, 1.165) is 0 Å². The lowest BCUT2D eigenvalue weighted by molar-refractivity contribution is 0.103. The van der Waals surface area contributed by atoms with Gasteiger partial charge in [-0.1, -0.05) is 11.6 Å². The van der Waals surface area contributed by atoms with Crippen molar-refractivity contribution >= 4 is 34.5 Å². The maximum atomic E-state index is 12.5. The van der Waals surface area contributed by atoms with Crippen LogP contribution >= 0.6 is 22.9 Å². The highest BCUT2D eigenvalue weighted by Gasteiger charge is 2.16. The number of aryl methyl sites for hydroxylation is 1. The van der Waals surface area contributed by atoms with Gasteiger partial charge in [0.05, 0.1) is 24.0 Å². The van der Waals surface area contributed by atoms with Gasteiger partial charge in [-0.25, -0.2) is 4.98 Å². The number of nitrogens with zero attached hydrogens (tertiary/aromatic N) is 2. The number of hydrogen-bond donors (Lipinski definition) is 1. The number of halogens is 1. The van der Waals surface area contributed by atoms with Crippen LogP contribution in [0, 0.1) is 6.92 Å². The second kappa shape index (κ2) is 8.16. The Morgan fingerprint density at radius 3 is 2.88 bits per heavy atom. The van der Waals surface area contributed by atoms with Crippen LogP contribution in [0.1, 0.15) is 20.4 Å². The number of pyridine rings is 1. The van der Waals surface area contributed by atoms with Crippen LogP contribution < -0.4 is 14.8 Å². The molecule has 0 spiro atoms. The van der Waals surface area contributed by atoms with Crippen LogP contribution in [-0.2, 0) is 6.61 Å². The first-order chi connectivity index (χ1) is 12.6. The molecular weight excluding hydrogens is 374 g/mol. The first kappa shape index (κ1) is 18.2. The van der Waals surface area contributed by atoms with Crippen LogP contribution in [0.3, 0.4) is 0 Å². The Hall–Kier alpha value is -2.64. The van der Waals surface area contributed by atoms with Gasteiger partial charge in [0.2, 0.25) is 0 Å². The minimum atomic E-state index is -0.242. The molecule has 0 unspecified atom stereocenters. The molecule has 26 heavy (non-hydrogen) atoms. The number of anilines is 1. The van der Waals surface area contributed by atoms with Gasteiger partial charge in [-0.3, -0.25) is 9.78 Å². The second-order valence-corrected chi connectivity index (χ2v) is 6.79. The number of carbonyl (C=O) groups excluding carboxylic acids is 1. The number of carbonyl (C=O) groups is 1. The molecule has 0 aliphatic heterocycles. The maximum Gasteiger partial charge on any atom is 0.267 e. The van der Waals surface area contributed by atoms with Gasteiger partial charge in [-0.05, 0) is 37.3 Å². The number of thiazole rings is 1. The molecule has 0 radical (unpaired) electrons. The summed E-state index contributed by atoms with van der Waals surface area (Å²) in [6.45, 7) is 2.07. The van der Waals surface area contributed by atoms with Gasteiger partial charge in [0.1, 0.15) is 28.0 Å². The molecule has 0 atom stereocenters. The van der Waals surface area contributed by atoms with Crippen LogP contribution in [0.5, 0.6) is 11.5 Å². The van der Waals surface area contributed by atoms with E-state index in [-0.39, 0.29) is 12.5 Å². The number of amides is 1. The molecule has 134 valence electrons. The number of benzene rings is 1. The SMILES string of the molecule is COc1ccc(NC(=O)c2sc(COc3cccnc3)nc2C)cc1Cl. The van der Waals surface area contributed by atoms with Crippen molar-refractivity contribution in [1.82, 2.24) is 9.97 Å². The maximum absolute atomic E-state index is 12.5. The quantitative estimate of drug-likeness (QED) is 0.678. The molecule has 0 fully saturated rings. The highest BCUT2D eigenvalue weighted by molar-refractivity contribution is 7.13. The molecule has 0 saturated carbocycles. The zero-order chi connectivity index (χ0) is 18.5. The average Bonchev–Trinajstić information content (AvgIpc) is 3.02. The van der Waals surface area contributed by atoms with Gasteiger partial charge in [-0.2, -0.15) is 0 Å². The van der Waals surface area contributed by atoms with Gasteiger partial charge < -0.3 is 14.8 Å². The molecule has 2 aromatic heterocycles. The molecule has 3 aromatic rings. The summed E-state index contributed by atoms with van der Waals surface area (Å²) in [6.07, 6.45) is 3.30. The predicted octanol–water partition coefficient (Wildman–Crippen LogP) is 4.34. The third-order valence-electron chi connectivity index (χ3n) is 3.45. The number of ether oxygens (including phenoxy) is 2. The van der Waals surface area contributed by atoms with E-state index in [9.17, 15) is 4.79 Å². The molecule has 0 saturated heterocycles. The smallest absolute Gasteiger partial charge is 0.267 e. The van der Waals surface area contributed by atoms with E-state index in [2.05, 4.69) is 15.3 Å². The summed E-state index contributed by atoms with van der Waals surface area (Å²) >= 11 is 7.38. The topological polar surface area (TPSA) is 73.3 Å². The van der Waals surface area contributed by atoms with E-state index in [0.29, 0.717) is 37.8 Å². The number of rotatable bonds is 6. The monoisotopic (exact) mass is 389 g/mol. The van der Waals surface area contributed by atoms with Gasteiger partial charge in [0.15, 0.2) is 0 Å². The van der Waals surface area contributed by atoms with Crippen molar-refractivity contribution in [2.45, 2.75) is 13.5 Å². The van der Waals surface area contributed by atoms with E-state index in [1.807, 2.05) is 6.07 Å². The molecule has 1 amide bonds. The van der Waals surface area contributed by atoms with Crippen molar-refractivity contribution in [1.29, 1.82) is 0 Å². The highest BCUT2D eigenvalue weighted by atomic mass is 35.5. The average molecular weight is 390 g/mol. The fourth-order valence-electron chi connectivity index (χ4n) is 2.23. The molecule has 2 heterocycles. The van der Waals surface area contributed by atoms with Crippen molar-refractivity contribution in [2.24, 2.45) is 0 Å². The summed E-state index contributed by atoms with van der Waals surface area (Å²) in [6, 6.07) is 8.67. The van der Waals surface area contributed by atoms with E-state index in [1.165, 1.54) is 18.4 Å². The lowest BCUT2D eigenvalue weighted by Crippen LogP contribution is -2.11. The molecule has 3 rings (SSSR count). The van der Waals surface area contributed by atoms with Crippen molar-refractivity contribution in [3.8, 4) is 11.5 Å².